The molecule has 0 fully saturated rings. The monoisotopic (exact) mass is 407 g/mol. The first kappa shape index (κ1) is 20.9. The minimum atomic E-state index is -3.83. The van der Waals surface area contributed by atoms with Crippen LogP contribution in [0.2, 0.25) is 0 Å². The summed E-state index contributed by atoms with van der Waals surface area (Å²) in [5.41, 5.74) is 1.14. The predicted octanol–water partition coefficient (Wildman–Crippen LogP) is 2.63. The predicted molar refractivity (Wildman–Crippen MR) is 107 cm³/mol. The molecule has 0 spiro atoms. The molecule has 2 rings (SSSR count). The van der Waals surface area contributed by atoms with Crippen molar-refractivity contribution in [3.05, 3.63) is 48.5 Å². The summed E-state index contributed by atoms with van der Waals surface area (Å²) in [5.74, 6) is -0.678. The Morgan fingerprint density at radius 2 is 1.67 bits per heavy atom. The second kappa shape index (κ2) is 9.03. The molecule has 2 aromatic carbocycles. The summed E-state index contributed by atoms with van der Waals surface area (Å²) in [6.45, 7) is 1.05. The molecule has 2 aromatic rings. The summed E-state index contributed by atoms with van der Waals surface area (Å²) in [4.78, 5) is 24.2. The maximum atomic E-state index is 12.6. The van der Waals surface area contributed by atoms with E-state index in [0.717, 1.165) is 9.20 Å². The van der Waals surface area contributed by atoms with Crippen molar-refractivity contribution in [2.45, 2.75) is 16.7 Å². The van der Waals surface area contributed by atoms with Crippen LogP contribution in [0.3, 0.4) is 0 Å². The molecule has 0 aliphatic rings. The molecule has 9 heteroatoms. The smallest absolute Gasteiger partial charge is 0.243 e. The Hall–Kier alpha value is -2.36. The molecule has 0 aliphatic heterocycles. The quantitative estimate of drug-likeness (QED) is 0.688. The third-order valence-electron chi connectivity index (χ3n) is 3.63. The number of likely N-dealkylation sites (N-methyl/N-ethyl adjacent to an activating group) is 1. The van der Waals surface area contributed by atoms with Crippen molar-refractivity contribution in [3.8, 4) is 0 Å². The van der Waals surface area contributed by atoms with Crippen molar-refractivity contribution in [1.29, 1.82) is 0 Å². The number of anilines is 2. The number of benzene rings is 2. The molecule has 0 heterocycles. The van der Waals surface area contributed by atoms with Crippen LogP contribution in [-0.4, -0.2) is 44.4 Å². The highest BCUT2D eigenvalue weighted by Crippen LogP contribution is 2.24. The van der Waals surface area contributed by atoms with Crippen LogP contribution >= 0.6 is 11.8 Å². The third kappa shape index (κ3) is 5.56. The lowest BCUT2D eigenvalue weighted by molar-refractivity contribution is -0.116. The van der Waals surface area contributed by atoms with Gasteiger partial charge in [-0.25, -0.2) is 8.42 Å². The maximum absolute atomic E-state index is 12.6. The van der Waals surface area contributed by atoms with E-state index in [4.69, 9.17) is 0 Å². The van der Waals surface area contributed by atoms with Gasteiger partial charge < -0.3 is 10.6 Å². The number of hydrogen-bond donors (Lipinski definition) is 2. The second-order valence-electron chi connectivity index (χ2n) is 5.72. The van der Waals surface area contributed by atoms with Gasteiger partial charge in [0, 0.05) is 24.6 Å². The van der Waals surface area contributed by atoms with Crippen LogP contribution in [0.1, 0.15) is 6.92 Å². The topological polar surface area (TPSA) is 95.6 Å². The van der Waals surface area contributed by atoms with Gasteiger partial charge in [-0.2, -0.15) is 4.31 Å². The standard InChI is InChI=1S/C18H21N3O4S2/c1-13(22)19-14-8-10-15(11-9-14)27(24,25)21(2)12-18(23)20-16-6-4-5-7-17(16)26-3/h4-11H,12H2,1-3H3,(H,19,22)(H,20,23). The Morgan fingerprint density at radius 3 is 2.26 bits per heavy atom. The molecule has 0 atom stereocenters. The van der Waals surface area contributed by atoms with Gasteiger partial charge in [0.15, 0.2) is 0 Å². The van der Waals surface area contributed by atoms with Gasteiger partial charge in [-0.05, 0) is 42.7 Å². The summed E-state index contributed by atoms with van der Waals surface area (Å²) in [6.07, 6.45) is 1.90. The van der Waals surface area contributed by atoms with Crippen LogP contribution in [0.5, 0.6) is 0 Å². The van der Waals surface area contributed by atoms with Crippen molar-refractivity contribution < 1.29 is 18.0 Å². The maximum Gasteiger partial charge on any atom is 0.243 e. The van der Waals surface area contributed by atoms with Gasteiger partial charge in [0.2, 0.25) is 21.8 Å². The molecule has 0 aromatic heterocycles. The largest absolute Gasteiger partial charge is 0.326 e. The van der Waals surface area contributed by atoms with Crippen molar-refractivity contribution >= 4 is 45.0 Å². The van der Waals surface area contributed by atoms with E-state index >= 15 is 0 Å². The molecule has 0 unspecified atom stereocenters. The molecule has 144 valence electrons. The van der Waals surface area contributed by atoms with Crippen molar-refractivity contribution in [1.82, 2.24) is 4.31 Å². The van der Waals surface area contributed by atoms with Crippen molar-refractivity contribution in [2.24, 2.45) is 0 Å². The van der Waals surface area contributed by atoms with Gasteiger partial charge >= 0.3 is 0 Å². The van der Waals surface area contributed by atoms with Gasteiger partial charge in [0.25, 0.3) is 0 Å². The summed E-state index contributed by atoms with van der Waals surface area (Å²) >= 11 is 1.49. The third-order valence-corrected chi connectivity index (χ3v) is 6.24. The first-order valence-electron chi connectivity index (χ1n) is 8.01. The molecule has 0 aliphatic carbocycles. The number of hydrogen-bond acceptors (Lipinski definition) is 5. The SMILES string of the molecule is CSc1ccccc1NC(=O)CN(C)S(=O)(=O)c1ccc(NC(C)=O)cc1. The average Bonchev–Trinajstić information content (AvgIpc) is 2.62. The van der Waals surface area contributed by atoms with Crippen molar-refractivity contribution in [3.63, 3.8) is 0 Å². The number of carbonyl (C=O) groups excluding carboxylic acids is 2. The fourth-order valence-electron chi connectivity index (χ4n) is 2.32. The highest BCUT2D eigenvalue weighted by molar-refractivity contribution is 7.98. The number of carbonyl (C=O) groups is 2. The fraction of sp³-hybridized carbons (Fsp3) is 0.222. The number of nitrogens with zero attached hydrogens (tertiary/aromatic N) is 1. The number of amides is 2. The van der Waals surface area contributed by atoms with E-state index in [1.807, 2.05) is 18.4 Å². The normalized spacial score (nSPS) is 11.3. The zero-order valence-corrected chi connectivity index (χ0v) is 16.9. The minimum absolute atomic E-state index is 0.0383. The Balaban J connectivity index is 2.08. The van der Waals surface area contributed by atoms with Crippen LogP contribution in [-0.2, 0) is 19.6 Å². The van der Waals surface area contributed by atoms with E-state index < -0.39 is 15.9 Å². The number of rotatable bonds is 7. The van der Waals surface area contributed by atoms with E-state index in [1.54, 1.807) is 12.1 Å². The van der Waals surface area contributed by atoms with Crippen LogP contribution in [0.25, 0.3) is 0 Å². The zero-order valence-electron chi connectivity index (χ0n) is 15.2. The molecule has 2 amide bonds. The van der Waals surface area contributed by atoms with E-state index in [0.29, 0.717) is 11.4 Å². The second-order valence-corrected chi connectivity index (χ2v) is 8.61. The summed E-state index contributed by atoms with van der Waals surface area (Å²) in [7, 11) is -2.49. The Morgan fingerprint density at radius 1 is 1.04 bits per heavy atom. The molecule has 27 heavy (non-hydrogen) atoms. The Bertz CT molecular complexity index is 928. The van der Waals surface area contributed by atoms with Gasteiger partial charge in [0.1, 0.15) is 0 Å². The van der Waals surface area contributed by atoms with Crippen molar-refractivity contribution in [2.75, 3.05) is 30.5 Å². The number of nitrogens with one attached hydrogen (secondary N) is 2. The fourth-order valence-corrected chi connectivity index (χ4v) is 4.00. The van der Waals surface area contributed by atoms with E-state index in [9.17, 15) is 18.0 Å². The molecule has 0 radical (unpaired) electrons. The highest BCUT2D eigenvalue weighted by atomic mass is 32.2. The molecule has 7 nitrogen and oxygen atoms in total. The Kier molecular flexibility index (Phi) is 7.00. The van der Waals surface area contributed by atoms with Gasteiger partial charge in [-0.3, -0.25) is 9.59 Å². The summed E-state index contributed by atoms with van der Waals surface area (Å²) < 4.78 is 26.2. The van der Waals surface area contributed by atoms with Crippen LogP contribution in [0, 0.1) is 0 Å². The number of thioether (sulfide) groups is 1. The van der Waals surface area contributed by atoms with Gasteiger partial charge in [-0.15, -0.1) is 11.8 Å². The minimum Gasteiger partial charge on any atom is -0.326 e. The molecule has 0 saturated heterocycles. The van der Waals surface area contributed by atoms with E-state index in [-0.39, 0.29) is 17.3 Å². The average molecular weight is 408 g/mol. The van der Waals surface area contributed by atoms with Gasteiger partial charge in [-0.1, -0.05) is 12.1 Å². The number of para-hydroxylation sites is 1. The first-order chi connectivity index (χ1) is 12.7. The number of sulfonamides is 1. The molecule has 0 bridgehead atoms. The molecule has 2 N–H and O–H groups in total. The summed E-state index contributed by atoms with van der Waals surface area (Å²) in [6, 6.07) is 13.1. The zero-order chi connectivity index (χ0) is 20.0. The molecule has 0 saturated carbocycles. The van der Waals surface area contributed by atoms with Crippen LogP contribution < -0.4 is 10.6 Å². The van der Waals surface area contributed by atoms with E-state index in [2.05, 4.69) is 10.6 Å². The lowest BCUT2D eigenvalue weighted by Gasteiger charge is -2.17. The lowest BCUT2D eigenvalue weighted by atomic mass is 10.3. The Labute approximate surface area is 163 Å². The summed E-state index contributed by atoms with van der Waals surface area (Å²) in [5, 5.41) is 5.30. The van der Waals surface area contributed by atoms with E-state index in [1.165, 1.54) is 50.0 Å². The lowest BCUT2D eigenvalue weighted by Crippen LogP contribution is -2.35. The van der Waals surface area contributed by atoms with Crippen LogP contribution in [0.15, 0.2) is 58.3 Å². The highest BCUT2D eigenvalue weighted by Gasteiger charge is 2.23. The first-order valence-corrected chi connectivity index (χ1v) is 10.7. The van der Waals surface area contributed by atoms with Gasteiger partial charge in [0.05, 0.1) is 17.1 Å². The molecular weight excluding hydrogens is 386 g/mol. The van der Waals surface area contributed by atoms with Crippen LogP contribution in [0.4, 0.5) is 11.4 Å². The molecular formula is C18H21N3O4S2.